The summed E-state index contributed by atoms with van der Waals surface area (Å²) in [5.41, 5.74) is 3.76. The van der Waals surface area contributed by atoms with E-state index in [1.54, 1.807) is 6.20 Å². The van der Waals surface area contributed by atoms with E-state index < -0.39 is 10.0 Å². The normalized spacial score (nSPS) is 17.6. The summed E-state index contributed by atoms with van der Waals surface area (Å²) in [6.45, 7) is 3.85. The van der Waals surface area contributed by atoms with Crippen molar-refractivity contribution in [3.05, 3.63) is 60.8 Å². The van der Waals surface area contributed by atoms with Crippen molar-refractivity contribution in [2.24, 2.45) is 0 Å². The van der Waals surface area contributed by atoms with Gasteiger partial charge in [-0.2, -0.15) is 4.31 Å². The van der Waals surface area contributed by atoms with E-state index in [2.05, 4.69) is 20.2 Å². The lowest BCUT2D eigenvalue weighted by Gasteiger charge is -2.34. The molecule has 0 aliphatic carbocycles. The van der Waals surface area contributed by atoms with E-state index in [1.807, 2.05) is 54.6 Å². The molecule has 0 radical (unpaired) electrons. The van der Waals surface area contributed by atoms with Gasteiger partial charge in [0.05, 0.1) is 25.2 Å². The largest absolute Gasteiger partial charge is 0.490 e. The lowest BCUT2D eigenvalue weighted by atomic mass is 10.1. The third-order valence-corrected chi connectivity index (χ3v) is 7.78. The van der Waals surface area contributed by atoms with E-state index >= 15 is 0 Å². The Hall–Kier alpha value is -3.21. The highest BCUT2D eigenvalue weighted by Gasteiger charge is 2.23. The van der Waals surface area contributed by atoms with Crippen LogP contribution in [0.3, 0.4) is 0 Å². The quantitative estimate of drug-likeness (QED) is 0.517. The lowest BCUT2D eigenvalue weighted by Crippen LogP contribution is -2.48. The average Bonchev–Trinajstić information content (AvgIpc) is 2.90. The van der Waals surface area contributed by atoms with E-state index in [4.69, 9.17) is 9.47 Å². The smallest absolute Gasteiger partial charge is 0.227 e. The summed E-state index contributed by atoms with van der Waals surface area (Å²) in [5, 5.41) is 3.27. The van der Waals surface area contributed by atoms with Crippen molar-refractivity contribution in [1.29, 1.82) is 0 Å². The zero-order valence-corrected chi connectivity index (χ0v) is 21.2. The van der Waals surface area contributed by atoms with Crippen molar-refractivity contribution in [2.45, 2.75) is 18.9 Å². The van der Waals surface area contributed by atoms with Crippen LogP contribution in [0.25, 0.3) is 11.3 Å². The van der Waals surface area contributed by atoms with Gasteiger partial charge in [0.2, 0.25) is 16.0 Å². The van der Waals surface area contributed by atoms with Crippen molar-refractivity contribution in [2.75, 3.05) is 55.9 Å². The molecule has 5 rings (SSSR count). The van der Waals surface area contributed by atoms with Crippen LogP contribution in [0, 0.1) is 0 Å². The number of rotatable bonds is 7. The van der Waals surface area contributed by atoms with Crippen molar-refractivity contribution < 1.29 is 17.9 Å². The minimum Gasteiger partial charge on any atom is -0.490 e. The van der Waals surface area contributed by atoms with Gasteiger partial charge < -0.3 is 19.7 Å². The fourth-order valence-electron chi connectivity index (χ4n) is 4.43. The minimum atomic E-state index is -3.13. The monoisotopic (exact) mass is 509 g/mol. The number of ether oxygens (including phenoxy) is 2. The van der Waals surface area contributed by atoms with Crippen molar-refractivity contribution in [3.63, 3.8) is 0 Å². The molecule has 0 amide bonds. The fraction of sp³-hybridized carbons (Fsp3) is 0.385. The molecule has 0 saturated carbocycles. The average molecular weight is 510 g/mol. The Bertz CT molecular complexity index is 1250. The molecule has 2 saturated heterocycles. The van der Waals surface area contributed by atoms with E-state index in [9.17, 15) is 8.42 Å². The second-order valence-electron chi connectivity index (χ2n) is 9.04. The van der Waals surface area contributed by atoms with Gasteiger partial charge in [-0.05, 0) is 54.6 Å². The van der Waals surface area contributed by atoms with Crippen LogP contribution in [0.15, 0.2) is 60.8 Å². The number of sulfonamides is 1. The first-order valence-electron chi connectivity index (χ1n) is 12.2. The maximum Gasteiger partial charge on any atom is 0.227 e. The zero-order chi connectivity index (χ0) is 25.0. The molecule has 3 heterocycles. The Kier molecular flexibility index (Phi) is 7.35. The summed E-state index contributed by atoms with van der Waals surface area (Å²) in [6.07, 6.45) is 5.06. The molecule has 1 N–H and O–H groups in total. The van der Waals surface area contributed by atoms with Crippen LogP contribution in [0.2, 0.25) is 0 Å². The molecule has 3 aromatic rings. The maximum absolute atomic E-state index is 11.7. The maximum atomic E-state index is 11.7. The summed E-state index contributed by atoms with van der Waals surface area (Å²) in [4.78, 5) is 11.2. The Balaban J connectivity index is 1.19. The second kappa shape index (κ2) is 10.8. The van der Waals surface area contributed by atoms with Gasteiger partial charge in [0.25, 0.3) is 0 Å². The van der Waals surface area contributed by atoms with Crippen molar-refractivity contribution in [1.82, 2.24) is 14.3 Å². The molecule has 0 bridgehead atoms. The number of nitrogens with one attached hydrogen (secondary N) is 1. The minimum absolute atomic E-state index is 0.211. The first-order chi connectivity index (χ1) is 17.4. The molecule has 0 atom stereocenters. The zero-order valence-electron chi connectivity index (χ0n) is 20.3. The molecule has 2 aliphatic rings. The molecule has 1 aromatic heterocycles. The Morgan fingerprint density at radius 3 is 2.31 bits per heavy atom. The second-order valence-corrected chi connectivity index (χ2v) is 11.0. The molecule has 36 heavy (non-hydrogen) atoms. The molecule has 0 unspecified atom stereocenters. The van der Waals surface area contributed by atoms with Gasteiger partial charge in [0.15, 0.2) is 0 Å². The van der Waals surface area contributed by atoms with Crippen LogP contribution < -0.4 is 15.0 Å². The number of nitrogens with zero attached hydrogens (tertiary/aromatic N) is 4. The summed E-state index contributed by atoms with van der Waals surface area (Å²) in [5.74, 6) is 1.38. The first-order valence-corrected chi connectivity index (χ1v) is 14.0. The standard InChI is InChI=1S/C26H31N5O4S/c1-36(32,33)31-16-14-30(15-17-31)22-6-4-21(5-7-22)28-26-27-13-10-25(29-26)20-2-8-23(9-3-20)35-24-11-18-34-19-12-24/h2-10,13,24H,11-12,14-19H2,1H3,(H,27,28,29). The third-order valence-electron chi connectivity index (χ3n) is 6.47. The van der Waals surface area contributed by atoms with Gasteiger partial charge in [-0.15, -0.1) is 0 Å². The Morgan fingerprint density at radius 1 is 0.944 bits per heavy atom. The van der Waals surface area contributed by atoms with E-state index in [1.165, 1.54) is 10.6 Å². The first kappa shape index (κ1) is 24.5. The summed E-state index contributed by atoms with van der Waals surface area (Å²) >= 11 is 0. The van der Waals surface area contributed by atoms with Gasteiger partial charge in [-0.3, -0.25) is 0 Å². The molecular formula is C26H31N5O4S. The van der Waals surface area contributed by atoms with Crippen LogP contribution in [-0.2, 0) is 14.8 Å². The van der Waals surface area contributed by atoms with Gasteiger partial charge in [0.1, 0.15) is 11.9 Å². The number of anilines is 3. The highest BCUT2D eigenvalue weighted by Crippen LogP contribution is 2.25. The van der Waals surface area contributed by atoms with Crippen molar-refractivity contribution >= 4 is 27.3 Å². The molecule has 2 aliphatic heterocycles. The Labute approximate surface area is 212 Å². The van der Waals surface area contributed by atoms with E-state index in [0.717, 1.165) is 54.4 Å². The van der Waals surface area contributed by atoms with Crippen LogP contribution in [0.5, 0.6) is 5.75 Å². The lowest BCUT2D eigenvalue weighted by molar-refractivity contribution is 0.0256. The molecule has 0 spiro atoms. The highest BCUT2D eigenvalue weighted by molar-refractivity contribution is 7.88. The third kappa shape index (κ3) is 6.13. The predicted molar refractivity (Wildman–Crippen MR) is 140 cm³/mol. The molecule has 190 valence electrons. The van der Waals surface area contributed by atoms with E-state index in [0.29, 0.717) is 32.1 Å². The van der Waals surface area contributed by atoms with Gasteiger partial charge in [-0.25, -0.2) is 18.4 Å². The number of hydrogen-bond acceptors (Lipinski definition) is 8. The number of benzene rings is 2. The van der Waals surface area contributed by atoms with Crippen LogP contribution in [-0.4, -0.2) is 74.4 Å². The summed E-state index contributed by atoms with van der Waals surface area (Å²) < 4.78 is 36.4. The summed E-state index contributed by atoms with van der Waals surface area (Å²) in [6, 6.07) is 17.9. The fourth-order valence-corrected chi connectivity index (χ4v) is 5.26. The van der Waals surface area contributed by atoms with Gasteiger partial charge >= 0.3 is 0 Å². The highest BCUT2D eigenvalue weighted by atomic mass is 32.2. The van der Waals surface area contributed by atoms with E-state index in [-0.39, 0.29) is 6.10 Å². The number of piperazine rings is 1. The molecular weight excluding hydrogens is 478 g/mol. The predicted octanol–water partition coefficient (Wildman–Crippen LogP) is 3.53. The molecule has 9 nitrogen and oxygen atoms in total. The van der Waals surface area contributed by atoms with Gasteiger partial charge in [0, 0.05) is 62.2 Å². The molecule has 2 fully saturated rings. The number of hydrogen-bond donors (Lipinski definition) is 1. The van der Waals surface area contributed by atoms with Crippen LogP contribution in [0.1, 0.15) is 12.8 Å². The van der Waals surface area contributed by atoms with Crippen LogP contribution in [0.4, 0.5) is 17.3 Å². The SMILES string of the molecule is CS(=O)(=O)N1CCN(c2ccc(Nc3nccc(-c4ccc(OC5CCOCC5)cc4)n3)cc2)CC1. The number of aromatic nitrogens is 2. The molecule has 10 heteroatoms. The van der Waals surface area contributed by atoms with Crippen LogP contribution >= 0.6 is 0 Å². The van der Waals surface area contributed by atoms with Gasteiger partial charge in [-0.1, -0.05) is 0 Å². The Morgan fingerprint density at radius 2 is 1.64 bits per heavy atom. The summed E-state index contributed by atoms with van der Waals surface area (Å²) in [7, 11) is -3.13. The van der Waals surface area contributed by atoms with Crippen molar-refractivity contribution in [3.8, 4) is 17.0 Å². The molecule has 2 aromatic carbocycles. The topological polar surface area (TPSA) is 96.9 Å².